The highest BCUT2D eigenvalue weighted by Crippen LogP contribution is 2.33. The average molecular weight is 666 g/mol. The van der Waals surface area contributed by atoms with Crippen LogP contribution in [0.25, 0.3) is 0 Å². The first-order valence-corrected chi connectivity index (χ1v) is 16.1. The number of rotatable bonds is 9. The van der Waals surface area contributed by atoms with Crippen LogP contribution in [-0.4, -0.2) is 91.3 Å². The number of amides is 2. The van der Waals surface area contributed by atoms with Crippen molar-refractivity contribution in [2.75, 3.05) is 45.5 Å². The van der Waals surface area contributed by atoms with Crippen LogP contribution in [-0.2, 0) is 16.1 Å². The van der Waals surface area contributed by atoms with Crippen molar-refractivity contribution in [3.63, 3.8) is 0 Å². The van der Waals surface area contributed by atoms with E-state index in [0.717, 1.165) is 24.2 Å². The molecule has 0 aromatic heterocycles. The van der Waals surface area contributed by atoms with Gasteiger partial charge in [0.1, 0.15) is 5.75 Å². The maximum Gasteiger partial charge on any atom is 0.389 e. The van der Waals surface area contributed by atoms with E-state index < -0.39 is 36.9 Å². The van der Waals surface area contributed by atoms with Crippen molar-refractivity contribution in [3.8, 4) is 17.2 Å². The third kappa shape index (κ3) is 10.7. The van der Waals surface area contributed by atoms with Crippen LogP contribution >= 0.6 is 0 Å². The Morgan fingerprint density at radius 2 is 1.85 bits per heavy atom. The molecule has 2 aliphatic rings. The summed E-state index contributed by atoms with van der Waals surface area (Å²) in [6.45, 7) is 7.56. The van der Waals surface area contributed by atoms with Crippen LogP contribution in [0.4, 0.5) is 18.9 Å². The molecule has 2 heterocycles. The molecule has 0 saturated carbocycles. The second-order valence-electron chi connectivity index (χ2n) is 12.6. The van der Waals surface area contributed by atoms with Crippen molar-refractivity contribution in [2.24, 2.45) is 5.92 Å². The van der Waals surface area contributed by atoms with Crippen LogP contribution in [0, 0.1) is 5.92 Å². The quantitative estimate of drug-likeness (QED) is 0.355. The standard InChI is InChI=1S/C34H46F3N3O7/c1-22-17-40(23(2)20-41)33(43)27-16-26(38-32(42)12-13-34(35,36)37)9-11-28(27)47-24(3)7-5-6-14-44-31(22)19-39(4)18-25-8-10-29-30(15-25)46-21-45-29/h8-11,15-16,22-24,31,41H,5-7,12-14,17-21H2,1-4H3,(H,38,42)/t22-,23+,24+,31+/m1/s1. The van der Waals surface area contributed by atoms with E-state index in [4.69, 9.17) is 18.9 Å². The number of benzene rings is 2. The normalized spacial score (nSPS) is 21.5. The number of alkyl halides is 3. The van der Waals surface area contributed by atoms with Gasteiger partial charge in [-0.15, -0.1) is 0 Å². The van der Waals surface area contributed by atoms with Crippen molar-refractivity contribution in [1.29, 1.82) is 0 Å². The Labute approximate surface area is 274 Å². The molecule has 2 aliphatic heterocycles. The molecule has 2 aromatic rings. The van der Waals surface area contributed by atoms with Gasteiger partial charge in [0.15, 0.2) is 11.5 Å². The van der Waals surface area contributed by atoms with Crippen molar-refractivity contribution in [2.45, 2.75) is 83.8 Å². The molecule has 0 bridgehead atoms. The summed E-state index contributed by atoms with van der Waals surface area (Å²) in [6, 6.07) is 9.78. The Balaban J connectivity index is 1.56. The van der Waals surface area contributed by atoms with Crippen molar-refractivity contribution in [1.82, 2.24) is 9.80 Å². The van der Waals surface area contributed by atoms with Gasteiger partial charge in [-0.1, -0.05) is 13.0 Å². The molecule has 2 N–H and O–H groups in total. The largest absolute Gasteiger partial charge is 0.490 e. The van der Waals surface area contributed by atoms with Gasteiger partial charge in [-0.05, 0) is 76.1 Å². The van der Waals surface area contributed by atoms with E-state index in [1.165, 1.54) is 12.1 Å². The summed E-state index contributed by atoms with van der Waals surface area (Å²) >= 11 is 0. The summed E-state index contributed by atoms with van der Waals surface area (Å²) in [5.74, 6) is 0.337. The number of aliphatic hydroxyl groups excluding tert-OH is 1. The molecule has 10 nitrogen and oxygen atoms in total. The minimum absolute atomic E-state index is 0.146. The molecule has 0 radical (unpaired) electrons. The average Bonchev–Trinajstić information content (AvgIpc) is 3.49. The predicted molar refractivity (Wildman–Crippen MR) is 170 cm³/mol. The Morgan fingerprint density at radius 1 is 1.11 bits per heavy atom. The van der Waals surface area contributed by atoms with E-state index in [1.807, 2.05) is 39.1 Å². The van der Waals surface area contributed by atoms with Gasteiger partial charge >= 0.3 is 6.18 Å². The van der Waals surface area contributed by atoms with Gasteiger partial charge in [0.25, 0.3) is 5.91 Å². The fourth-order valence-corrected chi connectivity index (χ4v) is 5.66. The summed E-state index contributed by atoms with van der Waals surface area (Å²) in [7, 11) is 2.01. The van der Waals surface area contributed by atoms with Crippen LogP contribution in [0.1, 0.15) is 68.8 Å². The van der Waals surface area contributed by atoms with Crippen LogP contribution in [0.15, 0.2) is 36.4 Å². The number of likely N-dealkylation sites (N-methyl/N-ethyl adjacent to an activating group) is 1. The fourth-order valence-electron chi connectivity index (χ4n) is 5.66. The molecule has 0 spiro atoms. The zero-order valence-corrected chi connectivity index (χ0v) is 27.5. The number of nitrogens with one attached hydrogen (secondary N) is 1. The topological polar surface area (TPSA) is 110 Å². The molecular weight excluding hydrogens is 619 g/mol. The second kappa shape index (κ2) is 16.5. The summed E-state index contributed by atoms with van der Waals surface area (Å²) < 4.78 is 61.6. The number of halogens is 3. The van der Waals surface area contributed by atoms with E-state index >= 15 is 0 Å². The van der Waals surface area contributed by atoms with Crippen molar-refractivity contribution >= 4 is 17.5 Å². The number of hydrogen-bond donors (Lipinski definition) is 2. The molecule has 47 heavy (non-hydrogen) atoms. The molecule has 2 aromatic carbocycles. The second-order valence-corrected chi connectivity index (χ2v) is 12.6. The zero-order chi connectivity index (χ0) is 34.1. The number of anilines is 1. The van der Waals surface area contributed by atoms with Crippen LogP contribution < -0.4 is 19.5 Å². The molecule has 0 aliphatic carbocycles. The highest BCUT2D eigenvalue weighted by atomic mass is 19.4. The SMILES string of the molecule is C[C@@H]1CN([C@@H](C)CO)C(=O)c2cc(NC(=O)CCC(F)(F)F)ccc2O[C@@H](C)CCCCO[C@H]1CN(C)Cc1ccc2c(c1)OCO2. The first kappa shape index (κ1) is 36.3. The van der Waals surface area contributed by atoms with E-state index in [0.29, 0.717) is 37.6 Å². The molecule has 2 amide bonds. The predicted octanol–water partition coefficient (Wildman–Crippen LogP) is 5.62. The Kier molecular flexibility index (Phi) is 12.8. The van der Waals surface area contributed by atoms with Gasteiger partial charge in [-0.3, -0.25) is 14.5 Å². The molecule has 260 valence electrons. The number of carbonyl (C=O) groups is 2. The maximum atomic E-state index is 14.2. The van der Waals surface area contributed by atoms with Crippen LogP contribution in [0.3, 0.4) is 0 Å². The highest BCUT2D eigenvalue weighted by molar-refractivity contribution is 5.99. The Bertz CT molecular complexity index is 1360. The molecule has 0 saturated heterocycles. The molecule has 0 unspecified atom stereocenters. The van der Waals surface area contributed by atoms with Gasteiger partial charge in [-0.25, -0.2) is 0 Å². The van der Waals surface area contributed by atoms with Crippen LogP contribution in [0.2, 0.25) is 0 Å². The number of ether oxygens (including phenoxy) is 4. The molecule has 13 heteroatoms. The monoisotopic (exact) mass is 665 g/mol. The van der Waals surface area contributed by atoms with Crippen LogP contribution in [0.5, 0.6) is 17.2 Å². The molecule has 0 fully saturated rings. The number of nitrogens with zero attached hydrogens (tertiary/aromatic N) is 2. The Morgan fingerprint density at radius 3 is 2.60 bits per heavy atom. The third-order valence-corrected chi connectivity index (χ3v) is 8.35. The lowest BCUT2D eigenvalue weighted by Crippen LogP contribution is -2.47. The molecule has 4 rings (SSSR count). The van der Waals surface area contributed by atoms with E-state index in [-0.39, 0.29) is 49.3 Å². The molecule has 4 atom stereocenters. The van der Waals surface area contributed by atoms with Gasteiger partial charge in [-0.2, -0.15) is 13.2 Å². The zero-order valence-electron chi connectivity index (χ0n) is 27.5. The minimum atomic E-state index is -4.46. The van der Waals surface area contributed by atoms with Gasteiger partial charge < -0.3 is 34.3 Å². The first-order valence-electron chi connectivity index (χ1n) is 16.1. The van der Waals surface area contributed by atoms with E-state index in [9.17, 15) is 27.9 Å². The number of aliphatic hydroxyl groups is 1. The number of carbonyl (C=O) groups excluding carboxylic acids is 2. The maximum absolute atomic E-state index is 14.2. The molecular formula is C34H46F3N3O7. The third-order valence-electron chi connectivity index (χ3n) is 8.35. The van der Waals surface area contributed by atoms with Crippen molar-refractivity contribution in [3.05, 3.63) is 47.5 Å². The van der Waals surface area contributed by atoms with E-state index in [2.05, 4.69) is 10.2 Å². The Hall–Kier alpha value is -3.55. The van der Waals surface area contributed by atoms with Gasteiger partial charge in [0, 0.05) is 44.3 Å². The lowest BCUT2D eigenvalue weighted by molar-refractivity contribution is -0.142. The smallest absolute Gasteiger partial charge is 0.389 e. The lowest BCUT2D eigenvalue weighted by Gasteiger charge is -2.36. The summed E-state index contributed by atoms with van der Waals surface area (Å²) in [5.41, 5.74) is 1.38. The van der Waals surface area contributed by atoms with Crippen molar-refractivity contribution < 1.29 is 46.8 Å². The number of hydrogen-bond acceptors (Lipinski definition) is 8. The summed E-state index contributed by atoms with van der Waals surface area (Å²) in [5, 5.41) is 12.6. The van der Waals surface area contributed by atoms with E-state index in [1.54, 1.807) is 17.9 Å². The lowest BCUT2D eigenvalue weighted by atomic mass is 10.0. The summed E-state index contributed by atoms with van der Waals surface area (Å²) in [6.07, 6.45) is -4.60. The summed E-state index contributed by atoms with van der Waals surface area (Å²) in [4.78, 5) is 30.2. The minimum Gasteiger partial charge on any atom is -0.490 e. The highest BCUT2D eigenvalue weighted by Gasteiger charge is 2.31. The van der Waals surface area contributed by atoms with Gasteiger partial charge in [0.05, 0.1) is 36.8 Å². The van der Waals surface area contributed by atoms with Gasteiger partial charge in [0.2, 0.25) is 12.7 Å². The number of fused-ring (bicyclic) bond motifs is 2. The fraction of sp³-hybridized carbons (Fsp3) is 0.588. The first-order chi connectivity index (χ1) is 22.3.